The minimum Gasteiger partial charge on any atom is -0.506 e. The van der Waals surface area contributed by atoms with E-state index in [1.807, 2.05) is 0 Å². The van der Waals surface area contributed by atoms with Crippen LogP contribution in [0.3, 0.4) is 0 Å². The zero-order chi connectivity index (χ0) is 11.7. The summed E-state index contributed by atoms with van der Waals surface area (Å²) < 4.78 is 0. The van der Waals surface area contributed by atoms with E-state index in [1.54, 1.807) is 12.1 Å². The maximum absolute atomic E-state index is 10.8. The molecule has 1 aliphatic heterocycles. The third-order valence-corrected chi connectivity index (χ3v) is 3.92. The number of hydrogen-bond donors (Lipinski definition) is 3. The summed E-state index contributed by atoms with van der Waals surface area (Å²) in [7, 11) is 0. The van der Waals surface area contributed by atoms with Gasteiger partial charge in [0.25, 0.3) is 0 Å². The van der Waals surface area contributed by atoms with Gasteiger partial charge in [0, 0.05) is 5.75 Å². The molecule has 6 heteroatoms. The minimum absolute atomic E-state index is 0.0307. The number of hydrogen-bond acceptors (Lipinski definition) is 4. The van der Waals surface area contributed by atoms with E-state index in [0.29, 0.717) is 5.75 Å². The van der Waals surface area contributed by atoms with Gasteiger partial charge in [0.1, 0.15) is 11.8 Å². The van der Waals surface area contributed by atoms with Gasteiger partial charge in [-0.1, -0.05) is 17.7 Å². The van der Waals surface area contributed by atoms with Crippen LogP contribution in [0, 0.1) is 0 Å². The van der Waals surface area contributed by atoms with Gasteiger partial charge in [0.05, 0.1) is 10.4 Å². The van der Waals surface area contributed by atoms with Crippen molar-refractivity contribution < 1.29 is 15.0 Å². The Balaban J connectivity index is 2.14. The summed E-state index contributed by atoms with van der Waals surface area (Å²) in [6.45, 7) is 0. The number of aliphatic carboxylic acids is 1. The Morgan fingerprint density at radius 1 is 1.56 bits per heavy atom. The highest BCUT2D eigenvalue weighted by atomic mass is 35.5. The first-order chi connectivity index (χ1) is 7.58. The standard InChI is InChI=1S/C10H10ClNO3S/c11-6-3-5(1-2-8(6)13)9-12-7(4-16-9)10(14)15/h1-3,7,9,12-13H,4H2,(H,14,15)/t7-,9+/m1/s1. The quantitative estimate of drug-likeness (QED) is 0.756. The third kappa shape index (κ3) is 2.26. The molecule has 1 saturated heterocycles. The van der Waals surface area contributed by atoms with Gasteiger partial charge in [-0.15, -0.1) is 11.8 Å². The number of thioether (sulfide) groups is 1. The van der Waals surface area contributed by atoms with Crippen molar-refractivity contribution in [2.75, 3.05) is 5.75 Å². The molecule has 1 aromatic rings. The molecule has 0 spiro atoms. The molecule has 0 radical (unpaired) electrons. The topological polar surface area (TPSA) is 69.6 Å². The van der Waals surface area contributed by atoms with Crippen molar-refractivity contribution in [3.63, 3.8) is 0 Å². The third-order valence-electron chi connectivity index (χ3n) is 2.35. The van der Waals surface area contributed by atoms with Crippen LogP contribution in [0.15, 0.2) is 18.2 Å². The predicted octanol–water partition coefficient (Wildman–Crippen LogP) is 1.83. The molecule has 0 bridgehead atoms. The molecular weight excluding hydrogens is 250 g/mol. The van der Waals surface area contributed by atoms with E-state index in [-0.39, 0.29) is 16.1 Å². The number of halogens is 1. The van der Waals surface area contributed by atoms with Crippen molar-refractivity contribution in [2.24, 2.45) is 0 Å². The van der Waals surface area contributed by atoms with Crippen LogP contribution in [0.25, 0.3) is 0 Å². The maximum Gasteiger partial charge on any atom is 0.321 e. The largest absolute Gasteiger partial charge is 0.506 e. The van der Waals surface area contributed by atoms with E-state index in [1.165, 1.54) is 17.8 Å². The van der Waals surface area contributed by atoms with Crippen LogP contribution in [0.4, 0.5) is 0 Å². The fourth-order valence-corrected chi connectivity index (χ4v) is 2.90. The Morgan fingerprint density at radius 2 is 2.31 bits per heavy atom. The summed E-state index contributed by atoms with van der Waals surface area (Å²) in [6.07, 6.45) is 0. The van der Waals surface area contributed by atoms with E-state index < -0.39 is 12.0 Å². The lowest BCUT2D eigenvalue weighted by molar-refractivity contribution is -0.138. The molecule has 86 valence electrons. The molecule has 2 rings (SSSR count). The molecule has 0 aliphatic carbocycles. The summed E-state index contributed by atoms with van der Waals surface area (Å²) in [5.74, 6) is -0.290. The monoisotopic (exact) mass is 259 g/mol. The van der Waals surface area contributed by atoms with Crippen molar-refractivity contribution in [3.8, 4) is 5.75 Å². The zero-order valence-corrected chi connectivity index (χ0v) is 9.76. The molecule has 0 aromatic heterocycles. The number of aromatic hydroxyl groups is 1. The van der Waals surface area contributed by atoms with Crippen molar-refractivity contribution >= 4 is 29.3 Å². The summed E-state index contributed by atoms with van der Waals surface area (Å²) >= 11 is 7.30. The van der Waals surface area contributed by atoms with E-state index in [9.17, 15) is 9.90 Å². The molecule has 0 amide bonds. The second-order valence-electron chi connectivity index (χ2n) is 3.48. The molecule has 1 fully saturated rings. The molecule has 0 saturated carbocycles. The smallest absolute Gasteiger partial charge is 0.321 e. The molecule has 0 unspecified atom stereocenters. The van der Waals surface area contributed by atoms with Crippen molar-refractivity contribution in [3.05, 3.63) is 28.8 Å². The number of rotatable bonds is 2. The summed E-state index contributed by atoms with van der Waals surface area (Å²) in [4.78, 5) is 10.8. The highest BCUT2D eigenvalue weighted by molar-refractivity contribution is 7.99. The van der Waals surface area contributed by atoms with Gasteiger partial charge in [0.15, 0.2) is 0 Å². The van der Waals surface area contributed by atoms with Crippen molar-refractivity contribution in [2.45, 2.75) is 11.4 Å². The first kappa shape index (κ1) is 11.6. The zero-order valence-electron chi connectivity index (χ0n) is 8.18. The number of benzene rings is 1. The molecule has 1 heterocycles. The van der Waals surface area contributed by atoms with Crippen LogP contribution < -0.4 is 5.32 Å². The Morgan fingerprint density at radius 3 is 2.88 bits per heavy atom. The van der Waals surface area contributed by atoms with Crippen LogP contribution >= 0.6 is 23.4 Å². The van der Waals surface area contributed by atoms with E-state index in [4.69, 9.17) is 16.7 Å². The number of nitrogens with one attached hydrogen (secondary N) is 1. The second-order valence-corrected chi connectivity index (χ2v) is 5.03. The number of carboxylic acids is 1. The van der Waals surface area contributed by atoms with Gasteiger partial charge in [-0.3, -0.25) is 10.1 Å². The van der Waals surface area contributed by atoms with Crippen LogP contribution in [0.5, 0.6) is 5.75 Å². The normalized spacial score (nSPS) is 24.6. The summed E-state index contributed by atoms with van der Waals surface area (Å²) in [5.41, 5.74) is 0.872. The fraction of sp³-hybridized carbons (Fsp3) is 0.300. The summed E-state index contributed by atoms with van der Waals surface area (Å²) in [6, 6.07) is 4.36. The van der Waals surface area contributed by atoms with Crippen LogP contribution in [-0.2, 0) is 4.79 Å². The molecule has 2 atom stereocenters. The molecule has 1 aromatic carbocycles. The Kier molecular flexibility index (Phi) is 3.28. The van der Waals surface area contributed by atoms with Gasteiger partial charge >= 0.3 is 5.97 Å². The fourth-order valence-electron chi connectivity index (χ4n) is 1.49. The first-order valence-electron chi connectivity index (χ1n) is 4.67. The van der Waals surface area contributed by atoms with E-state index in [2.05, 4.69) is 5.32 Å². The summed E-state index contributed by atoms with van der Waals surface area (Å²) in [5, 5.41) is 21.3. The second kappa shape index (κ2) is 4.53. The lowest BCUT2D eigenvalue weighted by Gasteiger charge is -2.11. The van der Waals surface area contributed by atoms with Crippen LogP contribution in [0.1, 0.15) is 10.9 Å². The SMILES string of the molecule is O=C(O)[C@H]1CS[C@@H](c2ccc(O)c(Cl)c2)N1. The maximum atomic E-state index is 10.8. The Labute approximate surface area is 102 Å². The molecule has 16 heavy (non-hydrogen) atoms. The van der Waals surface area contributed by atoms with Gasteiger partial charge in [-0.25, -0.2) is 0 Å². The number of phenols is 1. The van der Waals surface area contributed by atoms with Gasteiger partial charge in [-0.05, 0) is 17.7 Å². The molecule has 3 N–H and O–H groups in total. The average molecular weight is 260 g/mol. The van der Waals surface area contributed by atoms with Crippen molar-refractivity contribution in [1.29, 1.82) is 0 Å². The lowest BCUT2D eigenvalue weighted by atomic mass is 10.2. The Hall–Kier alpha value is -0.910. The predicted molar refractivity (Wildman–Crippen MR) is 62.9 cm³/mol. The lowest BCUT2D eigenvalue weighted by Crippen LogP contribution is -2.33. The van der Waals surface area contributed by atoms with Crippen molar-refractivity contribution in [1.82, 2.24) is 5.32 Å². The molecule has 4 nitrogen and oxygen atoms in total. The van der Waals surface area contributed by atoms with Gasteiger partial charge in [0.2, 0.25) is 0 Å². The highest BCUT2D eigenvalue weighted by Crippen LogP contribution is 2.35. The number of phenolic OH excluding ortho intramolecular Hbond substituents is 1. The number of carbonyl (C=O) groups is 1. The van der Waals surface area contributed by atoms with Crippen LogP contribution in [-0.4, -0.2) is 28.0 Å². The molecule has 1 aliphatic rings. The minimum atomic E-state index is -0.847. The average Bonchev–Trinajstić information content (AvgIpc) is 2.71. The Bertz CT molecular complexity index is 427. The number of carboxylic acid groups (broad SMARTS) is 1. The molecular formula is C10H10ClNO3S. The van der Waals surface area contributed by atoms with E-state index >= 15 is 0 Å². The highest BCUT2D eigenvalue weighted by Gasteiger charge is 2.30. The first-order valence-corrected chi connectivity index (χ1v) is 6.09. The van der Waals surface area contributed by atoms with Gasteiger partial charge in [-0.2, -0.15) is 0 Å². The van der Waals surface area contributed by atoms with Crippen LogP contribution in [0.2, 0.25) is 5.02 Å². The van der Waals surface area contributed by atoms with E-state index in [0.717, 1.165) is 5.56 Å². The van der Waals surface area contributed by atoms with Gasteiger partial charge < -0.3 is 10.2 Å².